The van der Waals surface area contributed by atoms with Crippen LogP contribution >= 0.6 is 22.9 Å². The summed E-state index contributed by atoms with van der Waals surface area (Å²) < 4.78 is 5.18. The molecule has 0 fully saturated rings. The van der Waals surface area contributed by atoms with E-state index in [1.807, 2.05) is 30.8 Å². The number of nitrogens with zero attached hydrogens (tertiary/aromatic N) is 1. The maximum atomic E-state index is 6.16. The molecule has 0 aliphatic rings. The van der Waals surface area contributed by atoms with Gasteiger partial charge in [-0.05, 0) is 30.1 Å². The van der Waals surface area contributed by atoms with Gasteiger partial charge in [0.1, 0.15) is 5.75 Å². The Morgan fingerprint density at radius 1 is 1.47 bits per heavy atom. The summed E-state index contributed by atoms with van der Waals surface area (Å²) in [5.74, 6) is 0.746. The summed E-state index contributed by atoms with van der Waals surface area (Å²) in [5.41, 5.74) is 1.04. The number of halogens is 1. The van der Waals surface area contributed by atoms with E-state index in [1.54, 1.807) is 24.6 Å². The first kappa shape index (κ1) is 12.4. The predicted octanol–water partition coefficient (Wildman–Crippen LogP) is 3.11. The minimum absolute atomic E-state index is 0.0464. The number of hydrogen-bond donors (Lipinski definition) is 1. The first-order valence-corrected chi connectivity index (χ1v) is 6.41. The standard InChI is InChI=1S/C12H13ClN2OS/c1-14-11(12-10(13)3-4-17-12)8-5-9(16-2)7-15-6-8/h3-7,11,14H,1-2H3. The smallest absolute Gasteiger partial charge is 0.137 e. The van der Waals surface area contributed by atoms with E-state index >= 15 is 0 Å². The van der Waals surface area contributed by atoms with E-state index in [0.29, 0.717) is 0 Å². The van der Waals surface area contributed by atoms with E-state index in [4.69, 9.17) is 16.3 Å². The zero-order valence-electron chi connectivity index (χ0n) is 9.61. The number of ether oxygens (including phenoxy) is 1. The van der Waals surface area contributed by atoms with Gasteiger partial charge in [-0.15, -0.1) is 11.3 Å². The molecule has 0 aliphatic carbocycles. The van der Waals surface area contributed by atoms with Crippen molar-refractivity contribution in [2.75, 3.05) is 14.2 Å². The van der Waals surface area contributed by atoms with Gasteiger partial charge >= 0.3 is 0 Å². The van der Waals surface area contributed by atoms with E-state index in [2.05, 4.69) is 10.3 Å². The second kappa shape index (κ2) is 5.49. The van der Waals surface area contributed by atoms with Crippen molar-refractivity contribution in [2.45, 2.75) is 6.04 Å². The maximum Gasteiger partial charge on any atom is 0.137 e. The monoisotopic (exact) mass is 268 g/mol. The lowest BCUT2D eigenvalue weighted by Gasteiger charge is -2.16. The van der Waals surface area contributed by atoms with Crippen LogP contribution in [0.2, 0.25) is 5.02 Å². The number of thiophene rings is 1. The summed E-state index contributed by atoms with van der Waals surface area (Å²) >= 11 is 7.78. The Labute approximate surface area is 109 Å². The van der Waals surface area contributed by atoms with E-state index < -0.39 is 0 Å². The predicted molar refractivity (Wildman–Crippen MR) is 71.0 cm³/mol. The molecule has 90 valence electrons. The first-order chi connectivity index (χ1) is 8.26. The fourth-order valence-electron chi connectivity index (χ4n) is 1.67. The van der Waals surface area contributed by atoms with Crippen LogP contribution in [0.25, 0.3) is 0 Å². The zero-order chi connectivity index (χ0) is 12.3. The molecule has 1 atom stereocenters. The zero-order valence-corrected chi connectivity index (χ0v) is 11.2. The Morgan fingerprint density at radius 2 is 2.29 bits per heavy atom. The van der Waals surface area contributed by atoms with Crippen LogP contribution in [-0.4, -0.2) is 19.1 Å². The summed E-state index contributed by atoms with van der Waals surface area (Å²) in [7, 11) is 3.54. The number of rotatable bonds is 4. The van der Waals surface area contributed by atoms with Crippen molar-refractivity contribution in [1.82, 2.24) is 10.3 Å². The average Bonchev–Trinajstić information content (AvgIpc) is 2.77. The number of nitrogens with one attached hydrogen (secondary N) is 1. The normalized spacial score (nSPS) is 12.4. The number of hydrogen-bond acceptors (Lipinski definition) is 4. The third-order valence-corrected chi connectivity index (χ3v) is 3.92. The van der Waals surface area contributed by atoms with Crippen molar-refractivity contribution in [3.05, 3.63) is 45.4 Å². The molecule has 0 aliphatic heterocycles. The molecule has 1 unspecified atom stereocenters. The number of aromatic nitrogens is 1. The van der Waals surface area contributed by atoms with Gasteiger partial charge in [0, 0.05) is 11.1 Å². The minimum atomic E-state index is 0.0464. The quantitative estimate of drug-likeness (QED) is 0.925. The molecular weight excluding hydrogens is 256 g/mol. The van der Waals surface area contributed by atoms with Crippen molar-refractivity contribution in [3.63, 3.8) is 0 Å². The van der Waals surface area contributed by atoms with Crippen molar-refractivity contribution >= 4 is 22.9 Å². The molecule has 2 rings (SSSR count). The highest BCUT2D eigenvalue weighted by molar-refractivity contribution is 7.10. The van der Waals surface area contributed by atoms with Gasteiger partial charge in [0.2, 0.25) is 0 Å². The van der Waals surface area contributed by atoms with Crippen LogP contribution in [0.1, 0.15) is 16.5 Å². The molecule has 3 nitrogen and oxygen atoms in total. The van der Waals surface area contributed by atoms with Gasteiger partial charge in [-0.1, -0.05) is 11.6 Å². The molecular formula is C12H13ClN2OS. The molecule has 0 aromatic carbocycles. The third kappa shape index (κ3) is 2.60. The van der Waals surface area contributed by atoms with Crippen molar-refractivity contribution in [2.24, 2.45) is 0 Å². The van der Waals surface area contributed by atoms with Crippen LogP contribution in [0.5, 0.6) is 5.75 Å². The van der Waals surface area contributed by atoms with E-state index in [9.17, 15) is 0 Å². The Morgan fingerprint density at radius 3 is 2.88 bits per heavy atom. The fourth-order valence-corrected chi connectivity index (χ4v) is 2.97. The molecule has 17 heavy (non-hydrogen) atoms. The lowest BCUT2D eigenvalue weighted by Crippen LogP contribution is -2.17. The lowest BCUT2D eigenvalue weighted by molar-refractivity contribution is 0.411. The molecule has 2 heterocycles. The molecule has 0 saturated heterocycles. The van der Waals surface area contributed by atoms with Crippen molar-refractivity contribution in [3.8, 4) is 5.75 Å². The van der Waals surface area contributed by atoms with E-state index in [1.165, 1.54) is 0 Å². The highest BCUT2D eigenvalue weighted by Crippen LogP contribution is 2.33. The van der Waals surface area contributed by atoms with Crippen LogP contribution in [0.4, 0.5) is 0 Å². The van der Waals surface area contributed by atoms with Gasteiger partial charge in [-0.2, -0.15) is 0 Å². The summed E-state index contributed by atoms with van der Waals surface area (Å²) in [4.78, 5) is 5.25. The van der Waals surface area contributed by atoms with Gasteiger partial charge in [0.25, 0.3) is 0 Å². The highest BCUT2D eigenvalue weighted by Gasteiger charge is 2.17. The largest absolute Gasteiger partial charge is 0.495 e. The molecule has 2 aromatic heterocycles. The van der Waals surface area contributed by atoms with E-state index in [-0.39, 0.29) is 6.04 Å². The molecule has 0 amide bonds. The maximum absolute atomic E-state index is 6.16. The van der Waals surface area contributed by atoms with Gasteiger partial charge in [-0.25, -0.2) is 0 Å². The SMILES string of the molecule is CNC(c1cncc(OC)c1)c1sccc1Cl. The molecule has 5 heteroatoms. The fraction of sp³-hybridized carbons (Fsp3) is 0.250. The Hall–Kier alpha value is -1.10. The Kier molecular flexibility index (Phi) is 3.99. The van der Waals surface area contributed by atoms with Gasteiger partial charge < -0.3 is 10.1 Å². The van der Waals surface area contributed by atoms with Crippen LogP contribution in [0, 0.1) is 0 Å². The third-order valence-electron chi connectivity index (χ3n) is 2.50. The molecule has 0 radical (unpaired) electrons. The topological polar surface area (TPSA) is 34.2 Å². The number of pyridine rings is 1. The summed E-state index contributed by atoms with van der Waals surface area (Å²) in [6.07, 6.45) is 3.51. The Bertz CT molecular complexity index is 501. The van der Waals surface area contributed by atoms with Gasteiger partial charge in [0.05, 0.1) is 24.4 Å². The van der Waals surface area contributed by atoms with Crippen LogP contribution in [0.15, 0.2) is 29.9 Å². The highest BCUT2D eigenvalue weighted by atomic mass is 35.5. The second-order valence-corrected chi connectivity index (χ2v) is 4.87. The molecule has 0 spiro atoms. The van der Waals surface area contributed by atoms with E-state index in [0.717, 1.165) is 21.2 Å². The summed E-state index contributed by atoms with van der Waals surface area (Å²) in [6.45, 7) is 0. The summed E-state index contributed by atoms with van der Waals surface area (Å²) in [5, 5.41) is 6.00. The average molecular weight is 269 g/mol. The minimum Gasteiger partial charge on any atom is -0.495 e. The van der Waals surface area contributed by atoms with Crippen LogP contribution in [-0.2, 0) is 0 Å². The number of methoxy groups -OCH3 is 1. The molecule has 1 N–H and O–H groups in total. The second-order valence-electron chi connectivity index (χ2n) is 3.51. The van der Waals surface area contributed by atoms with Crippen molar-refractivity contribution < 1.29 is 4.74 Å². The van der Waals surface area contributed by atoms with Crippen LogP contribution < -0.4 is 10.1 Å². The van der Waals surface area contributed by atoms with Crippen LogP contribution in [0.3, 0.4) is 0 Å². The lowest BCUT2D eigenvalue weighted by atomic mass is 10.1. The molecule has 0 bridgehead atoms. The summed E-state index contributed by atoms with van der Waals surface area (Å²) in [6, 6.07) is 3.91. The van der Waals surface area contributed by atoms with Gasteiger partial charge in [-0.3, -0.25) is 4.98 Å². The van der Waals surface area contributed by atoms with Gasteiger partial charge in [0.15, 0.2) is 0 Å². The first-order valence-electron chi connectivity index (χ1n) is 5.15. The Balaban J connectivity index is 2.38. The van der Waals surface area contributed by atoms with Crippen molar-refractivity contribution in [1.29, 1.82) is 0 Å². The molecule has 0 saturated carbocycles. The molecule has 2 aromatic rings.